The van der Waals surface area contributed by atoms with Crippen LogP contribution in [-0.4, -0.2) is 48.1 Å². The molecule has 2 saturated heterocycles. The number of nitrogens with zero attached hydrogens (tertiary/aromatic N) is 3. The molecule has 0 saturated carbocycles. The molecule has 4 heteroatoms. The van der Waals surface area contributed by atoms with Crippen LogP contribution in [0.15, 0.2) is 30.5 Å². The third-order valence-corrected chi connectivity index (χ3v) is 5.32. The van der Waals surface area contributed by atoms with Crippen LogP contribution in [-0.2, 0) is 0 Å². The molecule has 4 rings (SSSR count). The molecule has 2 aromatic rings. The Labute approximate surface area is 144 Å². The minimum Gasteiger partial charge on any atom is -0.383 e. The predicted octanol–water partition coefficient (Wildman–Crippen LogP) is 3.73. The molecule has 0 aliphatic carbocycles. The summed E-state index contributed by atoms with van der Waals surface area (Å²) in [6, 6.07) is 9.91. The summed E-state index contributed by atoms with van der Waals surface area (Å²) in [5.41, 5.74) is 1.18. The van der Waals surface area contributed by atoms with Gasteiger partial charge in [0.15, 0.2) is 0 Å². The van der Waals surface area contributed by atoms with Gasteiger partial charge >= 0.3 is 0 Å². The van der Waals surface area contributed by atoms with E-state index in [1.807, 2.05) is 6.20 Å². The van der Waals surface area contributed by atoms with E-state index in [1.54, 1.807) is 0 Å². The molecule has 2 aliphatic rings. The maximum atomic E-state index is 4.75. The normalized spacial score (nSPS) is 22.0. The fraction of sp³-hybridized carbons (Fsp3) is 0.550. The summed E-state index contributed by atoms with van der Waals surface area (Å²) in [5.74, 6) is 1.15. The number of anilines is 2. The van der Waals surface area contributed by atoms with E-state index in [2.05, 4.69) is 53.2 Å². The topological polar surface area (TPSA) is 31.4 Å². The lowest BCUT2D eigenvalue weighted by atomic mass is 10.1. The molecule has 0 spiro atoms. The molecule has 4 nitrogen and oxygen atoms in total. The van der Waals surface area contributed by atoms with E-state index in [4.69, 9.17) is 4.98 Å². The van der Waals surface area contributed by atoms with Crippen LogP contribution in [0.4, 0.5) is 11.5 Å². The Hall–Kier alpha value is -1.81. The van der Waals surface area contributed by atoms with Crippen LogP contribution >= 0.6 is 0 Å². The summed E-state index contributed by atoms with van der Waals surface area (Å²) in [4.78, 5) is 9.92. The molecule has 0 radical (unpaired) electrons. The lowest BCUT2D eigenvalue weighted by molar-refractivity contribution is 0.260. The molecule has 1 aromatic heterocycles. The molecule has 2 fully saturated rings. The summed E-state index contributed by atoms with van der Waals surface area (Å²) < 4.78 is 0. The number of benzene rings is 1. The number of rotatable bonds is 4. The van der Waals surface area contributed by atoms with Crippen LogP contribution in [0.5, 0.6) is 0 Å². The monoisotopic (exact) mass is 324 g/mol. The number of fused-ring (bicyclic) bond motifs is 1. The largest absolute Gasteiger partial charge is 0.383 e. The van der Waals surface area contributed by atoms with Crippen molar-refractivity contribution in [1.82, 2.24) is 9.88 Å². The minimum absolute atomic E-state index is 0.439. The molecule has 1 atom stereocenters. The average Bonchev–Trinajstić information content (AvgIpc) is 3.25. The first kappa shape index (κ1) is 15.7. The van der Waals surface area contributed by atoms with Gasteiger partial charge in [-0.25, -0.2) is 4.98 Å². The zero-order valence-electron chi connectivity index (χ0n) is 14.8. The standard InChI is InChI=1S/C20H28N4/c1-15(2)22-17-6-5-16-7-9-21-20(19(16)13-17)24-12-8-18(14-24)23-10-3-4-11-23/h5-7,9,13,15,18,22H,3-4,8,10-12,14H2,1-2H3. The zero-order chi connectivity index (χ0) is 16.5. The summed E-state index contributed by atoms with van der Waals surface area (Å²) in [6.07, 6.45) is 5.96. The Kier molecular flexibility index (Phi) is 4.31. The minimum atomic E-state index is 0.439. The molecule has 2 aliphatic heterocycles. The Morgan fingerprint density at radius 1 is 1.12 bits per heavy atom. The fourth-order valence-corrected chi connectivity index (χ4v) is 4.17. The van der Waals surface area contributed by atoms with E-state index in [0.29, 0.717) is 12.1 Å². The molecular formula is C20H28N4. The Morgan fingerprint density at radius 3 is 2.75 bits per heavy atom. The third-order valence-electron chi connectivity index (χ3n) is 5.32. The first-order valence-corrected chi connectivity index (χ1v) is 9.35. The molecule has 1 unspecified atom stereocenters. The van der Waals surface area contributed by atoms with Crippen molar-refractivity contribution in [3.05, 3.63) is 30.5 Å². The highest BCUT2D eigenvalue weighted by Crippen LogP contribution is 2.31. The van der Waals surface area contributed by atoms with Crippen molar-refractivity contribution >= 4 is 22.3 Å². The van der Waals surface area contributed by atoms with Gasteiger partial charge in [-0.3, -0.25) is 4.90 Å². The van der Waals surface area contributed by atoms with Gasteiger partial charge < -0.3 is 10.2 Å². The highest BCUT2D eigenvalue weighted by Gasteiger charge is 2.30. The van der Waals surface area contributed by atoms with Gasteiger partial charge in [0.2, 0.25) is 0 Å². The van der Waals surface area contributed by atoms with Crippen molar-refractivity contribution < 1.29 is 0 Å². The summed E-state index contributed by atoms with van der Waals surface area (Å²) >= 11 is 0. The van der Waals surface area contributed by atoms with E-state index < -0.39 is 0 Å². The highest BCUT2D eigenvalue weighted by atomic mass is 15.3. The SMILES string of the molecule is CC(C)Nc1ccc2ccnc(N3CCC(N4CCCC4)C3)c2c1. The maximum Gasteiger partial charge on any atom is 0.136 e. The Morgan fingerprint density at radius 2 is 1.96 bits per heavy atom. The van der Waals surface area contributed by atoms with Crippen LogP contribution in [0.3, 0.4) is 0 Å². The molecular weight excluding hydrogens is 296 g/mol. The second kappa shape index (κ2) is 6.60. The molecule has 128 valence electrons. The van der Waals surface area contributed by atoms with E-state index in [-0.39, 0.29) is 0 Å². The van der Waals surface area contributed by atoms with Gasteiger partial charge in [0.1, 0.15) is 5.82 Å². The van der Waals surface area contributed by atoms with Crippen LogP contribution < -0.4 is 10.2 Å². The number of likely N-dealkylation sites (tertiary alicyclic amines) is 1. The zero-order valence-corrected chi connectivity index (χ0v) is 14.8. The van der Waals surface area contributed by atoms with Crippen molar-refractivity contribution in [2.75, 3.05) is 36.4 Å². The summed E-state index contributed by atoms with van der Waals surface area (Å²) in [5, 5.41) is 6.06. The van der Waals surface area contributed by atoms with Crippen molar-refractivity contribution in [2.24, 2.45) is 0 Å². The molecule has 3 heterocycles. The molecule has 0 amide bonds. The highest BCUT2D eigenvalue weighted by molar-refractivity contribution is 5.94. The second-order valence-electron chi connectivity index (χ2n) is 7.50. The van der Waals surface area contributed by atoms with Gasteiger partial charge in [-0.2, -0.15) is 0 Å². The summed E-state index contributed by atoms with van der Waals surface area (Å²) in [7, 11) is 0. The van der Waals surface area contributed by atoms with Gasteiger partial charge in [-0.1, -0.05) is 6.07 Å². The van der Waals surface area contributed by atoms with Crippen LogP contribution in [0.25, 0.3) is 10.8 Å². The van der Waals surface area contributed by atoms with Crippen LogP contribution in [0, 0.1) is 0 Å². The molecule has 1 N–H and O–H groups in total. The van der Waals surface area contributed by atoms with E-state index >= 15 is 0 Å². The van der Waals surface area contributed by atoms with Crippen molar-refractivity contribution in [3.63, 3.8) is 0 Å². The lowest BCUT2D eigenvalue weighted by Gasteiger charge is -2.24. The molecule has 0 bridgehead atoms. The lowest BCUT2D eigenvalue weighted by Crippen LogP contribution is -2.35. The summed E-state index contributed by atoms with van der Waals surface area (Å²) in [6.45, 7) is 9.15. The van der Waals surface area contributed by atoms with Gasteiger partial charge in [0.05, 0.1) is 0 Å². The van der Waals surface area contributed by atoms with E-state index in [9.17, 15) is 0 Å². The Bertz CT molecular complexity index is 706. The van der Waals surface area contributed by atoms with Crippen molar-refractivity contribution in [2.45, 2.75) is 45.2 Å². The Balaban J connectivity index is 1.61. The first-order valence-electron chi connectivity index (χ1n) is 9.35. The van der Waals surface area contributed by atoms with Crippen LogP contribution in [0.1, 0.15) is 33.1 Å². The molecule has 24 heavy (non-hydrogen) atoms. The first-order chi connectivity index (χ1) is 11.7. The maximum absolute atomic E-state index is 4.75. The third kappa shape index (κ3) is 3.07. The number of aromatic nitrogens is 1. The van der Waals surface area contributed by atoms with Gasteiger partial charge in [0.25, 0.3) is 0 Å². The quantitative estimate of drug-likeness (QED) is 0.928. The second-order valence-corrected chi connectivity index (χ2v) is 7.50. The number of hydrogen-bond donors (Lipinski definition) is 1. The number of hydrogen-bond acceptors (Lipinski definition) is 4. The van der Waals surface area contributed by atoms with Gasteiger partial charge in [-0.15, -0.1) is 0 Å². The smallest absolute Gasteiger partial charge is 0.136 e. The van der Waals surface area contributed by atoms with Crippen LogP contribution in [0.2, 0.25) is 0 Å². The van der Waals surface area contributed by atoms with Crippen molar-refractivity contribution in [3.8, 4) is 0 Å². The van der Waals surface area contributed by atoms with E-state index in [0.717, 1.165) is 18.9 Å². The number of nitrogens with one attached hydrogen (secondary N) is 1. The molecule has 1 aromatic carbocycles. The van der Waals surface area contributed by atoms with Gasteiger partial charge in [-0.05, 0) is 69.8 Å². The van der Waals surface area contributed by atoms with Crippen molar-refractivity contribution in [1.29, 1.82) is 0 Å². The average molecular weight is 324 g/mol. The van der Waals surface area contributed by atoms with E-state index in [1.165, 1.54) is 48.8 Å². The predicted molar refractivity (Wildman–Crippen MR) is 102 cm³/mol. The fourth-order valence-electron chi connectivity index (χ4n) is 4.17. The number of pyridine rings is 1. The van der Waals surface area contributed by atoms with Gasteiger partial charge in [0, 0.05) is 42.4 Å².